The van der Waals surface area contributed by atoms with Gasteiger partial charge >= 0.3 is 0 Å². The van der Waals surface area contributed by atoms with E-state index in [1.807, 2.05) is 30.3 Å². The van der Waals surface area contributed by atoms with Crippen LogP contribution >= 0.6 is 0 Å². The number of fused-ring (bicyclic) bond motifs is 2. The highest BCUT2D eigenvalue weighted by atomic mass is 32.2. The number of imidazole rings is 1. The van der Waals surface area contributed by atoms with Gasteiger partial charge in [0.15, 0.2) is 9.84 Å². The normalized spacial score (nSPS) is 14.6. The Labute approximate surface area is 118 Å². The van der Waals surface area contributed by atoms with Crippen molar-refractivity contribution in [3.63, 3.8) is 0 Å². The van der Waals surface area contributed by atoms with E-state index in [4.69, 9.17) is 0 Å². The fourth-order valence-electron chi connectivity index (χ4n) is 1.99. The molecule has 0 aliphatic carbocycles. The number of hydrogen-bond donors (Lipinski definition) is 1. The number of hydrogen-bond acceptors (Lipinski definition) is 3. The third-order valence-corrected chi connectivity index (χ3v) is 4.46. The molecule has 0 bridgehead atoms. The fraction of sp³-hybridized carbons (Fsp3) is 0. The Hall–Kier alpha value is -2.40. The van der Waals surface area contributed by atoms with Crippen LogP contribution in [-0.4, -0.2) is 18.4 Å². The van der Waals surface area contributed by atoms with Crippen LogP contribution in [0.3, 0.4) is 0 Å². The van der Waals surface area contributed by atoms with Gasteiger partial charge in [-0.1, -0.05) is 30.3 Å². The van der Waals surface area contributed by atoms with Crippen molar-refractivity contribution in [1.82, 2.24) is 9.97 Å². The molecular formula is C15H14N2O2S. The smallest absolute Gasteiger partial charge is 0.200 e. The van der Waals surface area contributed by atoms with E-state index >= 15 is 0 Å². The molecule has 0 saturated carbocycles. The number of H-pyrrole nitrogens is 1. The minimum absolute atomic E-state index is 0. The highest BCUT2D eigenvalue weighted by Gasteiger charge is 2.18. The van der Waals surface area contributed by atoms with Gasteiger partial charge in [-0.2, -0.15) is 0 Å². The van der Waals surface area contributed by atoms with Crippen molar-refractivity contribution in [2.75, 3.05) is 0 Å². The molecule has 2 aromatic carbocycles. The van der Waals surface area contributed by atoms with Gasteiger partial charge in [0.1, 0.15) is 0 Å². The zero-order chi connectivity index (χ0) is 14.0. The van der Waals surface area contributed by atoms with E-state index in [2.05, 4.69) is 9.97 Å². The van der Waals surface area contributed by atoms with Crippen LogP contribution in [0.2, 0.25) is 0 Å². The average molecular weight is 286 g/mol. The van der Waals surface area contributed by atoms with Crippen LogP contribution in [0.5, 0.6) is 0 Å². The molecule has 0 radical (unpaired) electrons. The molecule has 5 heteroatoms. The van der Waals surface area contributed by atoms with E-state index in [-0.39, 0.29) is 1.43 Å². The molecule has 4 rings (SSSR count). The van der Waals surface area contributed by atoms with Crippen molar-refractivity contribution in [3.05, 3.63) is 65.8 Å². The number of benzene rings is 2. The second kappa shape index (κ2) is 4.94. The van der Waals surface area contributed by atoms with Crippen molar-refractivity contribution < 1.29 is 9.84 Å². The Morgan fingerprint density at radius 2 is 1.75 bits per heavy atom. The van der Waals surface area contributed by atoms with Gasteiger partial charge in [-0.15, -0.1) is 0 Å². The third-order valence-electron chi connectivity index (χ3n) is 2.98. The maximum atomic E-state index is 11.2. The molecule has 0 atom stereocenters. The largest absolute Gasteiger partial charge is 0.345 e. The van der Waals surface area contributed by atoms with Crippen LogP contribution in [0.1, 0.15) is 6.99 Å². The Bertz CT molecular complexity index is 855. The van der Waals surface area contributed by atoms with Crippen LogP contribution in [-0.2, 0) is 9.84 Å². The standard InChI is InChI=1S/C8H6O2S.C7H6N2.H2/c9-11(10)6-5-7-3-1-2-4-8(7)11;1-2-4-7-6(3-1)8-5-9-7;/h1-6H;1-5H,(H,8,9);1H. The molecule has 1 N–H and O–H groups in total. The van der Waals surface area contributed by atoms with Gasteiger partial charge in [0, 0.05) is 6.83 Å². The van der Waals surface area contributed by atoms with Gasteiger partial charge in [0.2, 0.25) is 0 Å². The Morgan fingerprint density at radius 3 is 2.55 bits per heavy atom. The van der Waals surface area contributed by atoms with Crippen molar-refractivity contribution in [3.8, 4) is 0 Å². The average Bonchev–Trinajstić information content (AvgIpc) is 3.05. The molecule has 0 unspecified atom stereocenters. The predicted molar refractivity (Wildman–Crippen MR) is 80.9 cm³/mol. The SMILES string of the molecule is O=S1(=O)C=Cc2ccccc21.[HH].c1ccc2[nH]cnc2c1. The van der Waals surface area contributed by atoms with E-state index in [1.54, 1.807) is 30.6 Å². The summed E-state index contributed by atoms with van der Waals surface area (Å²) in [4.78, 5) is 7.49. The molecule has 1 aliphatic rings. The summed E-state index contributed by atoms with van der Waals surface area (Å²) in [7, 11) is -3.09. The monoisotopic (exact) mass is 286 g/mol. The van der Waals surface area contributed by atoms with Crippen LogP contribution in [0.25, 0.3) is 17.1 Å². The summed E-state index contributed by atoms with van der Waals surface area (Å²) in [5, 5.41) is 1.23. The van der Waals surface area contributed by atoms with Crippen LogP contribution in [0.15, 0.2) is 65.2 Å². The summed E-state index contributed by atoms with van der Waals surface area (Å²) < 4.78 is 22.3. The maximum absolute atomic E-state index is 11.2. The lowest BCUT2D eigenvalue weighted by Crippen LogP contribution is -1.91. The van der Waals surface area contributed by atoms with Crippen LogP contribution in [0, 0.1) is 0 Å². The Kier molecular flexibility index (Phi) is 3.12. The first kappa shape index (κ1) is 12.6. The fourth-order valence-corrected chi connectivity index (χ4v) is 3.20. The minimum Gasteiger partial charge on any atom is -0.345 e. The molecule has 0 fully saturated rings. The number of nitrogens with zero attached hydrogens (tertiary/aromatic N) is 1. The number of rotatable bonds is 0. The predicted octanol–water partition coefficient (Wildman–Crippen LogP) is 3.25. The number of sulfone groups is 1. The molecule has 2 heterocycles. The van der Waals surface area contributed by atoms with Crippen molar-refractivity contribution in [1.29, 1.82) is 0 Å². The second-order valence-electron chi connectivity index (χ2n) is 4.31. The highest BCUT2D eigenvalue weighted by Crippen LogP contribution is 2.25. The second-order valence-corrected chi connectivity index (χ2v) is 6.11. The van der Waals surface area contributed by atoms with Gasteiger partial charge in [-0.25, -0.2) is 13.4 Å². The quantitative estimate of drug-likeness (QED) is 0.690. The first-order chi connectivity index (χ1) is 9.67. The molecule has 0 amide bonds. The molecule has 4 nitrogen and oxygen atoms in total. The van der Waals surface area contributed by atoms with E-state index in [0.717, 1.165) is 16.6 Å². The van der Waals surface area contributed by atoms with E-state index < -0.39 is 9.84 Å². The Morgan fingerprint density at radius 1 is 1.00 bits per heavy atom. The Balaban J connectivity index is 0.000000149. The summed E-state index contributed by atoms with van der Waals surface area (Å²) in [6, 6.07) is 14.9. The first-order valence-corrected chi connectivity index (χ1v) is 7.62. The molecular weight excluding hydrogens is 272 g/mol. The van der Waals surface area contributed by atoms with Crippen LogP contribution in [0.4, 0.5) is 0 Å². The minimum atomic E-state index is -3.09. The number of aromatic nitrogens is 2. The van der Waals surface area contributed by atoms with Crippen molar-refractivity contribution in [2.24, 2.45) is 0 Å². The molecule has 0 saturated heterocycles. The van der Waals surface area contributed by atoms with E-state index in [9.17, 15) is 8.42 Å². The van der Waals surface area contributed by atoms with Crippen molar-refractivity contribution in [2.45, 2.75) is 4.90 Å². The zero-order valence-corrected chi connectivity index (χ0v) is 11.3. The van der Waals surface area contributed by atoms with Crippen LogP contribution < -0.4 is 0 Å². The summed E-state index contributed by atoms with van der Waals surface area (Å²) >= 11 is 0. The van der Waals surface area contributed by atoms with Gasteiger partial charge in [0.05, 0.1) is 22.3 Å². The summed E-state index contributed by atoms with van der Waals surface area (Å²) in [5.41, 5.74) is 2.91. The molecule has 1 aliphatic heterocycles. The van der Waals surface area contributed by atoms with E-state index in [0.29, 0.717) is 4.90 Å². The molecule has 102 valence electrons. The number of para-hydroxylation sites is 2. The van der Waals surface area contributed by atoms with Gasteiger partial charge < -0.3 is 4.98 Å². The molecule has 1 aromatic heterocycles. The topological polar surface area (TPSA) is 62.8 Å². The molecule has 0 spiro atoms. The third kappa shape index (κ3) is 2.35. The summed E-state index contributed by atoms with van der Waals surface area (Å²) in [5.74, 6) is 0. The lowest BCUT2D eigenvalue weighted by atomic mass is 10.2. The summed E-state index contributed by atoms with van der Waals surface area (Å²) in [6.45, 7) is 0. The lowest BCUT2D eigenvalue weighted by molar-refractivity contribution is 0.605. The van der Waals surface area contributed by atoms with Crippen molar-refractivity contribution >= 4 is 26.9 Å². The lowest BCUT2D eigenvalue weighted by Gasteiger charge is -1.94. The zero-order valence-electron chi connectivity index (χ0n) is 10.5. The van der Waals surface area contributed by atoms with E-state index in [1.165, 1.54) is 5.41 Å². The van der Waals surface area contributed by atoms with Gasteiger partial charge in [0.25, 0.3) is 0 Å². The molecule has 3 aromatic rings. The number of aromatic amines is 1. The van der Waals surface area contributed by atoms with Gasteiger partial charge in [-0.05, 0) is 29.8 Å². The highest BCUT2D eigenvalue weighted by molar-refractivity contribution is 7.94. The number of nitrogens with one attached hydrogen (secondary N) is 1. The first-order valence-electron chi connectivity index (χ1n) is 6.07. The molecule has 20 heavy (non-hydrogen) atoms. The maximum Gasteiger partial charge on any atom is 0.200 e. The van der Waals surface area contributed by atoms with Gasteiger partial charge in [-0.3, -0.25) is 0 Å². The summed E-state index contributed by atoms with van der Waals surface area (Å²) in [6.07, 6.45) is 3.31.